The molecule has 1 aromatic heterocycles. The van der Waals surface area contributed by atoms with Gasteiger partial charge in [-0.25, -0.2) is 14.1 Å². The minimum Gasteiger partial charge on any atom is -0.383 e. The number of halogens is 1. The zero-order chi connectivity index (χ0) is 18.0. The lowest BCUT2D eigenvalue weighted by Crippen LogP contribution is -2.34. The number of methoxy groups -OCH3 is 1. The van der Waals surface area contributed by atoms with Crippen LogP contribution in [0.1, 0.15) is 5.56 Å². The number of carbonyl (C=O) groups is 2. The molecule has 3 rings (SSSR count). The van der Waals surface area contributed by atoms with Gasteiger partial charge in [-0.05, 0) is 30.2 Å². The number of amides is 3. The molecule has 0 saturated carbocycles. The molecule has 0 atom stereocenters. The van der Waals surface area contributed by atoms with Crippen LogP contribution in [0.3, 0.4) is 0 Å². The molecule has 1 aromatic carbocycles. The first-order chi connectivity index (χ1) is 12.0. The van der Waals surface area contributed by atoms with E-state index in [-0.39, 0.29) is 18.5 Å². The van der Waals surface area contributed by atoms with E-state index in [1.165, 1.54) is 22.1 Å². The van der Waals surface area contributed by atoms with Gasteiger partial charge in [0.05, 0.1) is 18.5 Å². The van der Waals surface area contributed by atoms with Gasteiger partial charge in [0.2, 0.25) is 0 Å². The van der Waals surface area contributed by atoms with Gasteiger partial charge in [-0.15, -0.1) is 0 Å². The van der Waals surface area contributed by atoms with E-state index >= 15 is 0 Å². The average Bonchev–Trinajstić information content (AvgIpc) is 2.87. The fourth-order valence-electron chi connectivity index (χ4n) is 2.76. The number of urea groups is 1. The van der Waals surface area contributed by atoms with Crippen molar-refractivity contribution in [3.63, 3.8) is 0 Å². The van der Waals surface area contributed by atoms with Crippen molar-refractivity contribution in [2.24, 2.45) is 0 Å². The number of pyridine rings is 1. The van der Waals surface area contributed by atoms with Crippen molar-refractivity contribution in [3.05, 3.63) is 48.0 Å². The second-order valence-electron chi connectivity index (χ2n) is 5.82. The van der Waals surface area contributed by atoms with Crippen molar-refractivity contribution >= 4 is 17.6 Å². The second kappa shape index (κ2) is 6.98. The number of aromatic nitrogens is 1. The summed E-state index contributed by atoms with van der Waals surface area (Å²) in [4.78, 5) is 31.4. The zero-order valence-electron chi connectivity index (χ0n) is 14.0. The van der Waals surface area contributed by atoms with E-state index in [9.17, 15) is 14.0 Å². The molecule has 6 nitrogen and oxygen atoms in total. The van der Waals surface area contributed by atoms with Crippen molar-refractivity contribution in [1.29, 1.82) is 0 Å². The maximum atomic E-state index is 13.4. The molecular weight excluding hydrogens is 325 g/mol. The van der Waals surface area contributed by atoms with Gasteiger partial charge in [-0.1, -0.05) is 12.1 Å². The molecular formula is C18H18FN3O3. The maximum absolute atomic E-state index is 13.4. The molecule has 0 bridgehead atoms. The smallest absolute Gasteiger partial charge is 0.331 e. The number of anilines is 1. The van der Waals surface area contributed by atoms with Crippen molar-refractivity contribution < 1.29 is 18.7 Å². The van der Waals surface area contributed by atoms with Crippen LogP contribution in [0.25, 0.3) is 11.1 Å². The van der Waals surface area contributed by atoms with Crippen molar-refractivity contribution in [1.82, 2.24) is 9.88 Å². The average molecular weight is 343 g/mol. The number of nitrogens with zero attached hydrogens (tertiary/aromatic N) is 3. The zero-order valence-corrected chi connectivity index (χ0v) is 14.0. The molecule has 1 fully saturated rings. The van der Waals surface area contributed by atoms with Gasteiger partial charge < -0.3 is 9.64 Å². The van der Waals surface area contributed by atoms with Gasteiger partial charge >= 0.3 is 6.03 Å². The molecule has 3 amide bonds. The van der Waals surface area contributed by atoms with Crippen LogP contribution in [0.5, 0.6) is 0 Å². The van der Waals surface area contributed by atoms with Crippen molar-refractivity contribution in [2.75, 3.05) is 31.7 Å². The van der Waals surface area contributed by atoms with E-state index in [0.29, 0.717) is 30.0 Å². The normalized spacial score (nSPS) is 14.5. The predicted molar refractivity (Wildman–Crippen MR) is 90.7 cm³/mol. The Hall–Kier alpha value is -2.80. The highest BCUT2D eigenvalue weighted by Crippen LogP contribution is 2.30. The van der Waals surface area contributed by atoms with Crippen LogP contribution in [0.2, 0.25) is 0 Å². The van der Waals surface area contributed by atoms with Gasteiger partial charge in [-0.2, -0.15) is 0 Å². The number of imide groups is 1. The highest BCUT2D eigenvalue weighted by Gasteiger charge is 2.37. The Morgan fingerprint density at radius 1 is 1.20 bits per heavy atom. The molecule has 7 heteroatoms. The number of benzene rings is 1. The lowest BCUT2D eigenvalue weighted by Gasteiger charge is -2.19. The summed E-state index contributed by atoms with van der Waals surface area (Å²) in [6, 6.07) is 6.30. The molecule has 1 aliphatic rings. The minimum atomic E-state index is -0.446. The summed E-state index contributed by atoms with van der Waals surface area (Å²) in [5, 5.41) is 0. The molecule has 0 aliphatic carbocycles. The Morgan fingerprint density at radius 2 is 2.00 bits per heavy atom. The van der Waals surface area contributed by atoms with Crippen LogP contribution in [0, 0.1) is 12.7 Å². The Balaban J connectivity index is 1.95. The number of aryl methyl sites for hydroxylation is 1. The second-order valence-corrected chi connectivity index (χ2v) is 5.82. The summed E-state index contributed by atoms with van der Waals surface area (Å²) in [6.45, 7) is 2.56. The topological polar surface area (TPSA) is 62.7 Å². The summed E-state index contributed by atoms with van der Waals surface area (Å²) in [6.07, 6.45) is 2.66. The van der Waals surface area contributed by atoms with Crippen LogP contribution in [0.4, 0.5) is 14.9 Å². The van der Waals surface area contributed by atoms with E-state index in [1.54, 1.807) is 19.2 Å². The molecule has 130 valence electrons. The summed E-state index contributed by atoms with van der Waals surface area (Å²) in [5.74, 6) is -0.739. The highest BCUT2D eigenvalue weighted by molar-refractivity contribution is 6.20. The van der Waals surface area contributed by atoms with E-state index in [0.717, 1.165) is 11.8 Å². The monoisotopic (exact) mass is 343 g/mol. The van der Waals surface area contributed by atoms with Crippen LogP contribution < -0.4 is 4.90 Å². The molecule has 0 spiro atoms. The number of hydrogen-bond donors (Lipinski definition) is 0. The lowest BCUT2D eigenvalue weighted by molar-refractivity contribution is -0.116. The Kier molecular flexibility index (Phi) is 4.76. The van der Waals surface area contributed by atoms with Crippen LogP contribution in [-0.2, 0) is 9.53 Å². The number of hydrogen-bond acceptors (Lipinski definition) is 4. The highest BCUT2D eigenvalue weighted by atomic mass is 19.1. The third-order valence-corrected chi connectivity index (χ3v) is 4.09. The predicted octanol–water partition coefficient (Wildman–Crippen LogP) is 2.61. The van der Waals surface area contributed by atoms with E-state index in [1.807, 2.05) is 13.0 Å². The molecule has 25 heavy (non-hydrogen) atoms. The summed E-state index contributed by atoms with van der Waals surface area (Å²) >= 11 is 0. The van der Waals surface area contributed by atoms with Gasteiger partial charge in [-0.3, -0.25) is 9.78 Å². The summed E-state index contributed by atoms with van der Waals surface area (Å²) in [7, 11) is 1.54. The third kappa shape index (κ3) is 3.36. The van der Waals surface area contributed by atoms with Crippen LogP contribution in [-0.4, -0.2) is 48.6 Å². The molecule has 0 radical (unpaired) electrons. The first-order valence-electron chi connectivity index (χ1n) is 7.83. The molecule has 0 N–H and O–H groups in total. The minimum absolute atomic E-state index is 0.0212. The fourth-order valence-corrected chi connectivity index (χ4v) is 2.76. The van der Waals surface area contributed by atoms with E-state index in [4.69, 9.17) is 4.74 Å². The standard InChI is InChI=1S/C18H18FN3O3/c1-12-3-4-13(14-7-15(19)10-20-9-14)8-16(12)22-17(23)11-21(18(22)24)5-6-25-2/h3-4,7-10H,5-6,11H2,1-2H3. The summed E-state index contributed by atoms with van der Waals surface area (Å²) in [5.41, 5.74) is 2.54. The van der Waals surface area contributed by atoms with Gasteiger partial charge in [0.25, 0.3) is 5.91 Å². The number of carbonyl (C=O) groups excluding carboxylic acids is 2. The first-order valence-corrected chi connectivity index (χ1v) is 7.83. The summed E-state index contributed by atoms with van der Waals surface area (Å²) < 4.78 is 18.4. The number of rotatable bonds is 5. The molecule has 1 aliphatic heterocycles. The lowest BCUT2D eigenvalue weighted by atomic mass is 10.0. The molecule has 2 aromatic rings. The van der Waals surface area contributed by atoms with E-state index < -0.39 is 5.82 Å². The van der Waals surface area contributed by atoms with E-state index in [2.05, 4.69) is 4.98 Å². The molecule has 1 saturated heterocycles. The largest absolute Gasteiger partial charge is 0.383 e. The first kappa shape index (κ1) is 17.0. The van der Waals surface area contributed by atoms with Gasteiger partial charge in [0.1, 0.15) is 12.4 Å². The maximum Gasteiger partial charge on any atom is 0.331 e. The van der Waals surface area contributed by atoms with Crippen LogP contribution in [0.15, 0.2) is 36.7 Å². The Morgan fingerprint density at radius 3 is 2.72 bits per heavy atom. The van der Waals surface area contributed by atoms with Crippen molar-refractivity contribution in [2.45, 2.75) is 6.92 Å². The van der Waals surface area contributed by atoms with Gasteiger partial charge in [0, 0.05) is 25.4 Å². The number of ether oxygens (including phenoxy) is 1. The Bertz CT molecular complexity index is 825. The van der Waals surface area contributed by atoms with Gasteiger partial charge in [0.15, 0.2) is 0 Å². The molecule has 2 heterocycles. The van der Waals surface area contributed by atoms with Crippen molar-refractivity contribution in [3.8, 4) is 11.1 Å². The van der Waals surface area contributed by atoms with Crippen LogP contribution >= 0.6 is 0 Å². The Labute approximate surface area is 144 Å². The third-order valence-electron chi connectivity index (χ3n) is 4.09. The molecule has 0 unspecified atom stereocenters. The SMILES string of the molecule is COCCN1CC(=O)N(c2cc(-c3cncc(F)c3)ccc2C)C1=O. The quantitative estimate of drug-likeness (QED) is 0.783. The fraction of sp³-hybridized carbons (Fsp3) is 0.278.